The second-order valence-corrected chi connectivity index (χ2v) is 6.70. The number of nitrogens with zero attached hydrogens (tertiary/aromatic N) is 2. The average Bonchev–Trinajstić information content (AvgIpc) is 2.60. The number of thioether (sulfide) groups is 1. The molecule has 7 nitrogen and oxygen atoms in total. The van der Waals surface area contributed by atoms with Crippen LogP contribution in [0, 0.1) is 24.0 Å². The third-order valence-corrected chi connectivity index (χ3v) is 4.54. The highest BCUT2D eigenvalue weighted by Crippen LogP contribution is 2.25. The average molecular weight is 373 g/mol. The zero-order valence-corrected chi connectivity index (χ0v) is 15.2. The summed E-state index contributed by atoms with van der Waals surface area (Å²) in [6, 6.07) is 9.77. The minimum atomic E-state index is -0.487. The van der Waals surface area contributed by atoms with E-state index in [0.29, 0.717) is 17.1 Å². The fraction of sp³-hybridized carbons (Fsp3) is 0.222. The van der Waals surface area contributed by atoms with Gasteiger partial charge in [0.2, 0.25) is 5.91 Å². The van der Waals surface area contributed by atoms with Crippen LogP contribution in [0.4, 0.5) is 5.69 Å². The first-order valence-electron chi connectivity index (χ1n) is 7.80. The molecule has 0 fully saturated rings. The van der Waals surface area contributed by atoms with Crippen LogP contribution in [-0.4, -0.2) is 27.9 Å². The number of phenols is 1. The molecule has 0 aliphatic heterocycles. The number of rotatable bonds is 7. The minimum Gasteiger partial charge on any atom is -0.507 e. The highest BCUT2D eigenvalue weighted by Gasteiger charge is 2.06. The molecule has 0 bridgehead atoms. The molecule has 136 valence electrons. The Morgan fingerprint density at radius 2 is 2.00 bits per heavy atom. The summed E-state index contributed by atoms with van der Waals surface area (Å²) in [5.74, 6) is 0.908. The number of aryl methyl sites for hydroxylation is 2. The molecule has 0 aliphatic rings. The van der Waals surface area contributed by atoms with Crippen molar-refractivity contribution in [3.05, 3.63) is 68.8 Å². The third kappa shape index (κ3) is 5.59. The quantitative estimate of drug-likeness (QED) is 0.440. The maximum absolute atomic E-state index is 11.8. The lowest BCUT2D eigenvalue weighted by Gasteiger charge is -2.07. The van der Waals surface area contributed by atoms with Crippen LogP contribution in [0.5, 0.6) is 5.75 Å². The van der Waals surface area contributed by atoms with Gasteiger partial charge in [0.25, 0.3) is 5.69 Å². The van der Waals surface area contributed by atoms with Crippen molar-refractivity contribution in [2.24, 2.45) is 5.10 Å². The van der Waals surface area contributed by atoms with Crippen LogP contribution in [0.25, 0.3) is 0 Å². The number of phenolic OH excluding ortho intramolecular Hbond substituents is 1. The number of aromatic hydroxyl groups is 1. The van der Waals surface area contributed by atoms with Gasteiger partial charge in [-0.05, 0) is 30.5 Å². The van der Waals surface area contributed by atoms with Crippen molar-refractivity contribution < 1.29 is 14.8 Å². The summed E-state index contributed by atoms with van der Waals surface area (Å²) >= 11 is 1.43. The Hall–Kier alpha value is -2.87. The van der Waals surface area contributed by atoms with E-state index in [2.05, 4.69) is 10.5 Å². The summed E-state index contributed by atoms with van der Waals surface area (Å²) in [7, 11) is 0. The van der Waals surface area contributed by atoms with Gasteiger partial charge in [0.1, 0.15) is 5.75 Å². The molecule has 0 saturated heterocycles. The van der Waals surface area contributed by atoms with E-state index in [0.717, 1.165) is 16.7 Å². The van der Waals surface area contributed by atoms with E-state index in [9.17, 15) is 20.0 Å². The summed E-state index contributed by atoms with van der Waals surface area (Å²) in [5, 5.41) is 24.3. The van der Waals surface area contributed by atoms with E-state index < -0.39 is 4.92 Å². The number of nitrogens with one attached hydrogen (secondary N) is 1. The van der Waals surface area contributed by atoms with Crippen LogP contribution < -0.4 is 5.43 Å². The van der Waals surface area contributed by atoms with Gasteiger partial charge in [0.15, 0.2) is 0 Å². The molecule has 0 atom stereocenters. The van der Waals surface area contributed by atoms with Gasteiger partial charge in [-0.1, -0.05) is 24.3 Å². The molecular weight excluding hydrogens is 354 g/mol. The van der Waals surface area contributed by atoms with Crippen molar-refractivity contribution in [3.63, 3.8) is 0 Å². The van der Waals surface area contributed by atoms with Crippen molar-refractivity contribution >= 4 is 29.6 Å². The first kappa shape index (κ1) is 19.5. The van der Waals surface area contributed by atoms with Gasteiger partial charge in [0.05, 0.1) is 16.9 Å². The molecule has 0 aromatic heterocycles. The Kier molecular flexibility index (Phi) is 6.74. The van der Waals surface area contributed by atoms with Gasteiger partial charge in [-0.3, -0.25) is 14.9 Å². The monoisotopic (exact) mass is 373 g/mol. The van der Waals surface area contributed by atoms with Gasteiger partial charge in [-0.15, -0.1) is 11.8 Å². The zero-order chi connectivity index (χ0) is 19.1. The number of nitro benzene ring substituents is 1. The predicted molar refractivity (Wildman–Crippen MR) is 103 cm³/mol. The largest absolute Gasteiger partial charge is 0.507 e. The molecule has 0 unspecified atom stereocenters. The number of benzene rings is 2. The molecule has 0 spiro atoms. The number of carbonyl (C=O) groups is 1. The fourth-order valence-corrected chi connectivity index (χ4v) is 3.07. The minimum absolute atomic E-state index is 0.0321. The number of hydrazone groups is 1. The van der Waals surface area contributed by atoms with Crippen molar-refractivity contribution in [2.75, 3.05) is 5.75 Å². The van der Waals surface area contributed by atoms with Crippen LogP contribution >= 0.6 is 11.8 Å². The van der Waals surface area contributed by atoms with E-state index >= 15 is 0 Å². The number of nitro groups is 1. The lowest BCUT2D eigenvalue weighted by atomic mass is 10.1. The number of amides is 1. The standard InChI is InChI=1S/C18H19N3O4S/c1-12-6-15(7-13(2)18(12)23)10-26-11-17(22)20-19-9-14-4-3-5-16(8-14)21(24)25/h3-9,23H,10-11H2,1-2H3,(H,20,22)/b19-9-. The van der Waals surface area contributed by atoms with Gasteiger partial charge in [0, 0.05) is 23.4 Å². The molecule has 0 heterocycles. The SMILES string of the molecule is Cc1cc(CSCC(=O)N/N=C\c2cccc([N+](=O)[O-])c2)cc(C)c1O. The summed E-state index contributed by atoms with van der Waals surface area (Å²) in [6.07, 6.45) is 1.36. The van der Waals surface area contributed by atoms with Crippen molar-refractivity contribution in [2.45, 2.75) is 19.6 Å². The fourth-order valence-electron chi connectivity index (χ4n) is 2.32. The molecule has 0 saturated carbocycles. The molecule has 1 amide bonds. The molecular formula is C18H19N3O4S. The summed E-state index contributed by atoms with van der Waals surface area (Å²) < 4.78 is 0. The molecule has 2 N–H and O–H groups in total. The van der Waals surface area contributed by atoms with Crippen molar-refractivity contribution in [1.82, 2.24) is 5.43 Å². The topological polar surface area (TPSA) is 105 Å². The maximum Gasteiger partial charge on any atom is 0.270 e. The normalized spacial score (nSPS) is 10.8. The molecule has 26 heavy (non-hydrogen) atoms. The van der Waals surface area contributed by atoms with Crippen LogP contribution in [0.15, 0.2) is 41.5 Å². The first-order chi connectivity index (χ1) is 12.4. The second-order valence-electron chi connectivity index (χ2n) is 5.72. The predicted octanol–water partition coefficient (Wildman–Crippen LogP) is 3.30. The van der Waals surface area contributed by atoms with Gasteiger partial charge >= 0.3 is 0 Å². The molecule has 2 aromatic rings. The lowest BCUT2D eigenvalue weighted by molar-refractivity contribution is -0.384. The van der Waals surface area contributed by atoms with Crippen molar-refractivity contribution in [3.8, 4) is 5.75 Å². The Bertz CT molecular complexity index is 829. The summed E-state index contributed by atoms with van der Waals surface area (Å²) in [4.78, 5) is 22.0. The Balaban J connectivity index is 1.80. The van der Waals surface area contributed by atoms with E-state index in [1.807, 2.05) is 26.0 Å². The van der Waals surface area contributed by atoms with E-state index in [-0.39, 0.29) is 17.3 Å². The number of hydrogen-bond acceptors (Lipinski definition) is 6. The zero-order valence-electron chi connectivity index (χ0n) is 14.4. The van der Waals surface area contributed by atoms with E-state index in [1.165, 1.54) is 30.1 Å². The Morgan fingerprint density at radius 1 is 1.31 bits per heavy atom. The molecule has 2 rings (SSSR count). The van der Waals surface area contributed by atoms with Crippen LogP contribution in [0.3, 0.4) is 0 Å². The summed E-state index contributed by atoms with van der Waals surface area (Å²) in [5.41, 5.74) is 5.56. The summed E-state index contributed by atoms with van der Waals surface area (Å²) in [6.45, 7) is 3.68. The maximum atomic E-state index is 11.8. The smallest absolute Gasteiger partial charge is 0.270 e. The van der Waals surface area contributed by atoms with Crippen LogP contribution in [0.1, 0.15) is 22.3 Å². The molecule has 8 heteroatoms. The van der Waals surface area contributed by atoms with E-state index in [4.69, 9.17) is 0 Å². The van der Waals surface area contributed by atoms with Gasteiger partial charge in [-0.2, -0.15) is 5.10 Å². The van der Waals surface area contributed by atoms with Crippen molar-refractivity contribution in [1.29, 1.82) is 0 Å². The molecule has 0 aliphatic carbocycles. The number of hydrogen-bond donors (Lipinski definition) is 2. The van der Waals surface area contributed by atoms with E-state index in [1.54, 1.807) is 12.1 Å². The van der Waals surface area contributed by atoms with Gasteiger partial charge in [-0.25, -0.2) is 5.43 Å². The second kappa shape index (κ2) is 9.00. The van der Waals surface area contributed by atoms with Gasteiger partial charge < -0.3 is 5.11 Å². The Labute approximate surface area is 155 Å². The van der Waals surface area contributed by atoms with Crippen LogP contribution in [-0.2, 0) is 10.5 Å². The molecule has 0 radical (unpaired) electrons. The first-order valence-corrected chi connectivity index (χ1v) is 8.95. The third-order valence-electron chi connectivity index (χ3n) is 3.54. The highest BCUT2D eigenvalue weighted by atomic mass is 32.2. The molecule has 2 aromatic carbocycles. The van der Waals surface area contributed by atoms with Crippen LogP contribution in [0.2, 0.25) is 0 Å². The Morgan fingerprint density at radius 3 is 2.65 bits per heavy atom. The highest BCUT2D eigenvalue weighted by molar-refractivity contribution is 7.99. The number of carbonyl (C=O) groups excluding carboxylic acids is 1. The number of non-ortho nitro benzene ring substituents is 1. The lowest BCUT2D eigenvalue weighted by Crippen LogP contribution is -2.19.